The monoisotopic (exact) mass is 348 g/mol. The van der Waals surface area contributed by atoms with Crippen molar-refractivity contribution in [3.63, 3.8) is 0 Å². The summed E-state index contributed by atoms with van der Waals surface area (Å²) in [5, 5.41) is 0. The number of benzene rings is 1. The third-order valence-electron chi connectivity index (χ3n) is 4.63. The Kier molecular flexibility index (Phi) is 8.21. The zero-order valence-electron chi connectivity index (χ0n) is 16.6. The van der Waals surface area contributed by atoms with E-state index in [0.29, 0.717) is 17.8 Å². The molecule has 0 radical (unpaired) electrons. The fourth-order valence-electron chi connectivity index (χ4n) is 4.55. The second-order valence-electron chi connectivity index (χ2n) is 8.52. The molecule has 1 atom stereocenters. The molecule has 0 spiro atoms. The standard InChI is InChI=1S/C21H36O2Si/c1-16(2)13-24(14-17(3)4,15-18(5)6)20(21(22)23-7)19-11-9-8-10-12-19/h8-12,16-18,20H,13-15H2,1-7H3. The summed E-state index contributed by atoms with van der Waals surface area (Å²) in [5.74, 6) is 1.77. The van der Waals surface area contributed by atoms with Crippen molar-refractivity contribution in [3.8, 4) is 0 Å². The first kappa shape index (κ1) is 21.0. The molecule has 0 saturated carbocycles. The predicted molar refractivity (Wildman–Crippen MR) is 106 cm³/mol. The second-order valence-corrected chi connectivity index (χ2v) is 13.0. The quantitative estimate of drug-likeness (QED) is 0.410. The van der Waals surface area contributed by atoms with Crippen molar-refractivity contribution in [3.05, 3.63) is 35.9 Å². The van der Waals surface area contributed by atoms with Crippen molar-refractivity contribution in [2.75, 3.05) is 7.11 Å². The number of hydrogen-bond donors (Lipinski definition) is 0. The fourth-order valence-corrected chi connectivity index (χ4v) is 12.1. The van der Waals surface area contributed by atoms with Gasteiger partial charge in [0.25, 0.3) is 0 Å². The predicted octanol–water partition coefficient (Wildman–Crippen LogP) is 5.90. The molecule has 0 aliphatic rings. The molecule has 1 unspecified atom stereocenters. The Hall–Kier alpha value is -1.09. The molecule has 24 heavy (non-hydrogen) atoms. The molecule has 3 heteroatoms. The topological polar surface area (TPSA) is 26.3 Å². The van der Waals surface area contributed by atoms with Gasteiger partial charge in [-0.3, -0.25) is 4.79 Å². The molecule has 2 nitrogen and oxygen atoms in total. The van der Waals surface area contributed by atoms with E-state index in [0.717, 1.165) is 5.56 Å². The molecule has 0 bridgehead atoms. The molecule has 1 aromatic rings. The number of esters is 1. The summed E-state index contributed by atoms with van der Waals surface area (Å²) in [5.41, 5.74) is 1.09. The lowest BCUT2D eigenvalue weighted by molar-refractivity contribution is -0.140. The number of ether oxygens (including phenoxy) is 1. The van der Waals surface area contributed by atoms with Crippen molar-refractivity contribution in [1.29, 1.82) is 0 Å². The minimum Gasteiger partial charge on any atom is -0.469 e. The van der Waals surface area contributed by atoms with Gasteiger partial charge in [-0.15, -0.1) is 0 Å². The SMILES string of the molecule is COC(=O)C(c1ccccc1)[Si](CC(C)C)(CC(C)C)CC(C)C. The largest absolute Gasteiger partial charge is 0.469 e. The van der Waals surface area contributed by atoms with Crippen LogP contribution >= 0.6 is 0 Å². The molecule has 0 amide bonds. The average Bonchev–Trinajstić information content (AvgIpc) is 2.45. The van der Waals surface area contributed by atoms with Gasteiger partial charge < -0.3 is 4.74 Å². The van der Waals surface area contributed by atoms with Crippen LogP contribution in [0.1, 0.15) is 52.6 Å². The highest BCUT2D eigenvalue weighted by Crippen LogP contribution is 2.43. The summed E-state index contributed by atoms with van der Waals surface area (Å²) in [7, 11) is -0.374. The maximum atomic E-state index is 12.9. The number of carbonyl (C=O) groups is 1. The van der Waals surface area contributed by atoms with Gasteiger partial charge in [-0.1, -0.05) is 90.0 Å². The summed E-state index contributed by atoms with van der Waals surface area (Å²) < 4.78 is 5.31. The van der Waals surface area contributed by atoms with Gasteiger partial charge in [0.2, 0.25) is 0 Å². The Balaban J connectivity index is 3.49. The Morgan fingerprint density at radius 1 is 0.875 bits per heavy atom. The van der Waals surface area contributed by atoms with Crippen LogP contribution in [-0.4, -0.2) is 21.2 Å². The lowest BCUT2D eigenvalue weighted by Gasteiger charge is -2.42. The van der Waals surface area contributed by atoms with Gasteiger partial charge in [0.05, 0.1) is 20.7 Å². The molecule has 136 valence electrons. The van der Waals surface area contributed by atoms with Gasteiger partial charge >= 0.3 is 5.97 Å². The van der Waals surface area contributed by atoms with Gasteiger partial charge in [0, 0.05) is 0 Å². The van der Waals surface area contributed by atoms with E-state index in [9.17, 15) is 4.79 Å². The molecule has 1 aromatic carbocycles. The van der Waals surface area contributed by atoms with E-state index < -0.39 is 8.07 Å². The summed E-state index contributed by atoms with van der Waals surface area (Å²) in [6.07, 6.45) is 0. The van der Waals surface area contributed by atoms with Crippen molar-refractivity contribution in [1.82, 2.24) is 0 Å². The fraction of sp³-hybridized carbons (Fsp3) is 0.667. The van der Waals surface area contributed by atoms with Crippen LogP contribution in [0.3, 0.4) is 0 Å². The summed E-state index contributed by atoms with van der Waals surface area (Å²) in [6, 6.07) is 13.9. The Bertz CT molecular complexity index is 467. The molecular weight excluding hydrogens is 312 g/mol. The van der Waals surface area contributed by atoms with Crippen LogP contribution in [0.4, 0.5) is 0 Å². The van der Waals surface area contributed by atoms with Crippen LogP contribution < -0.4 is 0 Å². The maximum absolute atomic E-state index is 12.9. The highest BCUT2D eigenvalue weighted by Gasteiger charge is 2.47. The second kappa shape index (κ2) is 9.41. The number of carbonyl (C=O) groups excluding carboxylic acids is 1. The van der Waals surface area contributed by atoms with Gasteiger partial charge in [0.1, 0.15) is 0 Å². The normalized spacial score (nSPS) is 13.6. The van der Waals surface area contributed by atoms with E-state index >= 15 is 0 Å². The minimum atomic E-state index is -1.91. The van der Waals surface area contributed by atoms with Crippen LogP contribution in [0.25, 0.3) is 0 Å². The van der Waals surface area contributed by atoms with Crippen LogP contribution in [0.15, 0.2) is 30.3 Å². The number of hydrogen-bond acceptors (Lipinski definition) is 2. The first-order valence-electron chi connectivity index (χ1n) is 9.34. The first-order chi connectivity index (χ1) is 11.2. The molecule has 0 N–H and O–H groups in total. The molecule has 1 rings (SSSR count). The van der Waals surface area contributed by atoms with E-state index in [4.69, 9.17) is 4.74 Å². The third kappa shape index (κ3) is 5.77. The summed E-state index contributed by atoms with van der Waals surface area (Å²) in [4.78, 5) is 12.9. The van der Waals surface area contributed by atoms with Crippen molar-refractivity contribution in [2.45, 2.75) is 65.2 Å². The van der Waals surface area contributed by atoms with E-state index in [1.54, 1.807) is 0 Å². The van der Waals surface area contributed by atoms with Gasteiger partial charge in [-0.2, -0.15) is 0 Å². The zero-order valence-corrected chi connectivity index (χ0v) is 17.6. The minimum absolute atomic E-state index is 0.0326. The van der Waals surface area contributed by atoms with Crippen LogP contribution in [0, 0.1) is 17.8 Å². The number of rotatable bonds is 9. The number of methoxy groups -OCH3 is 1. The van der Waals surface area contributed by atoms with E-state index in [-0.39, 0.29) is 11.5 Å². The summed E-state index contributed by atoms with van der Waals surface area (Å²) in [6.45, 7) is 13.8. The molecule has 0 heterocycles. The highest BCUT2D eigenvalue weighted by atomic mass is 28.3. The Labute approximate surface area is 150 Å². The first-order valence-corrected chi connectivity index (χ1v) is 12.0. The maximum Gasteiger partial charge on any atom is 0.310 e. The van der Waals surface area contributed by atoms with Crippen molar-refractivity contribution < 1.29 is 9.53 Å². The van der Waals surface area contributed by atoms with Gasteiger partial charge in [-0.25, -0.2) is 0 Å². The average molecular weight is 349 g/mol. The smallest absolute Gasteiger partial charge is 0.310 e. The van der Waals surface area contributed by atoms with E-state index in [1.807, 2.05) is 18.2 Å². The van der Waals surface area contributed by atoms with E-state index in [1.165, 1.54) is 25.2 Å². The van der Waals surface area contributed by atoms with E-state index in [2.05, 4.69) is 53.7 Å². The molecule has 0 saturated heterocycles. The van der Waals surface area contributed by atoms with Gasteiger partial charge in [-0.05, 0) is 23.3 Å². The van der Waals surface area contributed by atoms with Crippen LogP contribution in [0.5, 0.6) is 0 Å². The molecule has 0 fully saturated rings. The lowest BCUT2D eigenvalue weighted by atomic mass is 10.1. The Morgan fingerprint density at radius 3 is 1.62 bits per heavy atom. The van der Waals surface area contributed by atoms with Crippen LogP contribution in [0.2, 0.25) is 18.1 Å². The molecule has 0 aromatic heterocycles. The molecular formula is C21H36O2Si. The molecule has 0 aliphatic heterocycles. The van der Waals surface area contributed by atoms with Crippen LogP contribution in [-0.2, 0) is 9.53 Å². The third-order valence-corrected chi connectivity index (χ3v) is 11.3. The lowest BCUT2D eigenvalue weighted by Crippen LogP contribution is -2.48. The van der Waals surface area contributed by atoms with Crippen molar-refractivity contribution in [2.24, 2.45) is 17.8 Å². The highest BCUT2D eigenvalue weighted by molar-refractivity contribution is 6.83. The molecule has 0 aliphatic carbocycles. The Morgan fingerprint density at radius 2 is 1.29 bits per heavy atom. The van der Waals surface area contributed by atoms with Crippen molar-refractivity contribution >= 4 is 14.0 Å². The zero-order chi connectivity index (χ0) is 18.3. The van der Waals surface area contributed by atoms with Gasteiger partial charge in [0.15, 0.2) is 0 Å². The summed E-state index contributed by atoms with van der Waals surface area (Å²) >= 11 is 0.